The van der Waals surface area contributed by atoms with Crippen LogP contribution in [-0.2, 0) is 11.3 Å². The highest BCUT2D eigenvalue weighted by molar-refractivity contribution is 6.33. The molecule has 3 rings (SSSR count). The van der Waals surface area contributed by atoms with E-state index in [2.05, 4.69) is 10.8 Å². The lowest BCUT2D eigenvalue weighted by Gasteiger charge is -2.33. The molecule has 1 unspecified atom stereocenters. The number of hydrogen-bond donors (Lipinski definition) is 0. The predicted molar refractivity (Wildman–Crippen MR) is 109 cm³/mol. The molecule has 0 aromatic heterocycles. The van der Waals surface area contributed by atoms with Crippen molar-refractivity contribution in [2.75, 3.05) is 40.5 Å². The van der Waals surface area contributed by atoms with Gasteiger partial charge in [0.2, 0.25) is 0 Å². The lowest BCUT2D eigenvalue weighted by atomic mass is 10.1. The number of morpholine rings is 1. The van der Waals surface area contributed by atoms with E-state index in [1.807, 2.05) is 36.4 Å². The molecular formula is C22H24ClNO4. The molecule has 2 aromatic rings. The third kappa shape index (κ3) is 4.90. The zero-order valence-corrected chi connectivity index (χ0v) is 16.9. The van der Waals surface area contributed by atoms with Crippen molar-refractivity contribution in [2.45, 2.75) is 12.6 Å². The minimum atomic E-state index is -0.0258. The number of rotatable bonds is 7. The molecule has 1 saturated heterocycles. The maximum atomic E-state index is 6.51. The van der Waals surface area contributed by atoms with Crippen molar-refractivity contribution in [3.05, 3.63) is 52.5 Å². The van der Waals surface area contributed by atoms with Crippen molar-refractivity contribution in [1.29, 1.82) is 0 Å². The summed E-state index contributed by atoms with van der Waals surface area (Å²) in [6.07, 6.45) is 5.41. The van der Waals surface area contributed by atoms with Gasteiger partial charge in [-0.3, -0.25) is 4.90 Å². The first-order chi connectivity index (χ1) is 13.6. The van der Waals surface area contributed by atoms with Crippen molar-refractivity contribution in [2.24, 2.45) is 0 Å². The number of hydrogen-bond acceptors (Lipinski definition) is 5. The molecule has 6 heteroatoms. The van der Waals surface area contributed by atoms with Crippen LogP contribution in [0.25, 0.3) is 0 Å². The van der Waals surface area contributed by atoms with E-state index in [1.54, 1.807) is 14.2 Å². The second-order valence-corrected chi connectivity index (χ2v) is 6.86. The second kappa shape index (κ2) is 9.70. The van der Waals surface area contributed by atoms with Gasteiger partial charge in [0, 0.05) is 25.2 Å². The highest BCUT2D eigenvalue weighted by Gasteiger charge is 2.23. The maximum absolute atomic E-state index is 6.51. The Balaban J connectivity index is 1.60. The Kier molecular flexibility index (Phi) is 7.05. The summed E-state index contributed by atoms with van der Waals surface area (Å²) in [7, 11) is 3.19. The SMILES string of the molecule is C#Cc1cccc(OCC2CN(Cc3ccc(OC)c(OC)c3Cl)CCO2)c1. The highest BCUT2D eigenvalue weighted by atomic mass is 35.5. The van der Waals surface area contributed by atoms with Gasteiger partial charge in [-0.05, 0) is 29.8 Å². The first-order valence-electron chi connectivity index (χ1n) is 9.07. The van der Waals surface area contributed by atoms with Gasteiger partial charge in [-0.15, -0.1) is 6.42 Å². The fourth-order valence-electron chi connectivity index (χ4n) is 3.18. The molecular weight excluding hydrogens is 378 g/mol. The molecule has 0 spiro atoms. The summed E-state index contributed by atoms with van der Waals surface area (Å²) < 4.78 is 22.4. The van der Waals surface area contributed by atoms with Crippen LogP contribution in [0.4, 0.5) is 0 Å². The molecule has 1 atom stereocenters. The molecule has 1 heterocycles. The molecule has 0 aliphatic carbocycles. The fraction of sp³-hybridized carbons (Fsp3) is 0.364. The summed E-state index contributed by atoms with van der Waals surface area (Å²) >= 11 is 6.51. The fourth-order valence-corrected chi connectivity index (χ4v) is 3.48. The van der Waals surface area contributed by atoms with Crippen LogP contribution >= 0.6 is 11.6 Å². The van der Waals surface area contributed by atoms with Crippen LogP contribution in [0.5, 0.6) is 17.2 Å². The maximum Gasteiger partial charge on any atom is 0.179 e. The molecule has 2 aromatic carbocycles. The van der Waals surface area contributed by atoms with Gasteiger partial charge in [0.15, 0.2) is 11.5 Å². The van der Waals surface area contributed by atoms with Crippen LogP contribution in [0.15, 0.2) is 36.4 Å². The van der Waals surface area contributed by atoms with E-state index in [9.17, 15) is 0 Å². The largest absolute Gasteiger partial charge is 0.493 e. The lowest BCUT2D eigenvalue weighted by molar-refractivity contribution is -0.0504. The average Bonchev–Trinajstić information content (AvgIpc) is 2.74. The van der Waals surface area contributed by atoms with Crippen LogP contribution in [0.2, 0.25) is 5.02 Å². The Morgan fingerprint density at radius 2 is 2.11 bits per heavy atom. The highest BCUT2D eigenvalue weighted by Crippen LogP contribution is 2.37. The van der Waals surface area contributed by atoms with Crippen LogP contribution in [-0.4, -0.2) is 51.5 Å². The molecule has 148 valence electrons. The Labute approximate surface area is 171 Å². The smallest absolute Gasteiger partial charge is 0.179 e. The van der Waals surface area contributed by atoms with Gasteiger partial charge in [-0.25, -0.2) is 0 Å². The van der Waals surface area contributed by atoms with E-state index in [1.165, 1.54) is 0 Å². The Bertz CT molecular complexity index is 849. The number of benzene rings is 2. The molecule has 1 aliphatic heterocycles. The van der Waals surface area contributed by atoms with E-state index in [0.29, 0.717) is 36.3 Å². The van der Waals surface area contributed by atoms with Crippen LogP contribution in [0.1, 0.15) is 11.1 Å². The molecule has 0 radical (unpaired) electrons. The number of terminal acetylenes is 1. The predicted octanol–water partition coefficient (Wildman–Crippen LogP) is 3.62. The first-order valence-corrected chi connectivity index (χ1v) is 9.45. The standard InChI is InChI=1S/C22H24ClNO4/c1-4-16-6-5-7-18(12-16)28-15-19-14-24(10-11-27-19)13-17-8-9-20(25-2)22(26-3)21(17)23/h1,5-9,12,19H,10-11,13-15H2,2-3H3. The normalized spacial score (nSPS) is 17.0. The molecule has 0 bridgehead atoms. The summed E-state index contributed by atoms with van der Waals surface area (Å²) in [6, 6.07) is 11.3. The second-order valence-electron chi connectivity index (χ2n) is 6.49. The van der Waals surface area contributed by atoms with Crippen molar-refractivity contribution < 1.29 is 18.9 Å². The summed E-state index contributed by atoms with van der Waals surface area (Å²) in [6.45, 7) is 3.38. The van der Waals surface area contributed by atoms with Gasteiger partial charge in [-0.2, -0.15) is 0 Å². The van der Waals surface area contributed by atoms with Crippen molar-refractivity contribution in [3.8, 4) is 29.6 Å². The van der Waals surface area contributed by atoms with Crippen molar-refractivity contribution in [3.63, 3.8) is 0 Å². The van der Waals surface area contributed by atoms with E-state index in [4.69, 9.17) is 37.0 Å². The molecule has 1 fully saturated rings. The molecule has 0 N–H and O–H groups in total. The molecule has 0 amide bonds. The first kappa shape index (κ1) is 20.3. The van der Waals surface area contributed by atoms with Gasteiger partial charge >= 0.3 is 0 Å². The minimum Gasteiger partial charge on any atom is -0.493 e. The van der Waals surface area contributed by atoms with Crippen molar-refractivity contribution in [1.82, 2.24) is 4.90 Å². The van der Waals surface area contributed by atoms with E-state index in [0.717, 1.165) is 30.0 Å². The van der Waals surface area contributed by atoms with Gasteiger partial charge in [0.05, 0.1) is 25.8 Å². The Morgan fingerprint density at radius 3 is 2.86 bits per heavy atom. The van der Waals surface area contributed by atoms with Crippen molar-refractivity contribution >= 4 is 11.6 Å². The molecule has 0 saturated carbocycles. The quantitative estimate of drug-likeness (QED) is 0.663. The number of methoxy groups -OCH3 is 2. The van der Waals surface area contributed by atoms with Crippen LogP contribution in [0, 0.1) is 12.3 Å². The average molecular weight is 402 g/mol. The van der Waals surface area contributed by atoms with E-state index >= 15 is 0 Å². The van der Waals surface area contributed by atoms with Crippen LogP contribution < -0.4 is 14.2 Å². The number of ether oxygens (including phenoxy) is 4. The lowest BCUT2D eigenvalue weighted by Crippen LogP contribution is -2.44. The summed E-state index contributed by atoms with van der Waals surface area (Å²) in [5.41, 5.74) is 1.79. The van der Waals surface area contributed by atoms with Gasteiger partial charge in [0.1, 0.15) is 18.5 Å². The number of nitrogens with zero attached hydrogens (tertiary/aromatic N) is 1. The summed E-state index contributed by atoms with van der Waals surface area (Å²) in [5.74, 6) is 4.54. The van der Waals surface area contributed by atoms with Gasteiger partial charge < -0.3 is 18.9 Å². The Morgan fingerprint density at radius 1 is 1.25 bits per heavy atom. The Hall–Kier alpha value is -2.39. The summed E-state index contributed by atoms with van der Waals surface area (Å²) in [4.78, 5) is 2.29. The third-order valence-electron chi connectivity index (χ3n) is 4.62. The van der Waals surface area contributed by atoms with Gasteiger partial charge in [0.25, 0.3) is 0 Å². The van der Waals surface area contributed by atoms with E-state index < -0.39 is 0 Å². The third-order valence-corrected chi connectivity index (χ3v) is 5.03. The summed E-state index contributed by atoms with van der Waals surface area (Å²) in [5, 5.41) is 0.576. The molecule has 28 heavy (non-hydrogen) atoms. The molecule has 5 nitrogen and oxygen atoms in total. The zero-order chi connectivity index (χ0) is 19.9. The number of halogens is 1. The van der Waals surface area contributed by atoms with E-state index in [-0.39, 0.29) is 6.10 Å². The van der Waals surface area contributed by atoms with Gasteiger partial charge in [-0.1, -0.05) is 29.7 Å². The topological polar surface area (TPSA) is 40.2 Å². The zero-order valence-electron chi connectivity index (χ0n) is 16.1. The minimum absolute atomic E-state index is 0.0258. The molecule has 1 aliphatic rings. The monoisotopic (exact) mass is 401 g/mol. The van der Waals surface area contributed by atoms with Crippen LogP contribution in [0.3, 0.4) is 0 Å².